The maximum atomic E-state index is 10.6. The number of rotatable bonds is 5. The minimum Gasteiger partial charge on any atom is -0.496 e. The van der Waals surface area contributed by atoms with Crippen molar-refractivity contribution < 1.29 is 14.6 Å². The summed E-state index contributed by atoms with van der Waals surface area (Å²) in [7, 11) is 3.13. The lowest BCUT2D eigenvalue weighted by atomic mass is 9.97. The third kappa shape index (κ3) is 3.12. The number of hydrogen-bond acceptors (Lipinski definition) is 3. The number of benzene rings is 2. The largest absolute Gasteiger partial charge is 0.496 e. The van der Waals surface area contributed by atoms with Crippen LogP contribution in [0.4, 0.5) is 0 Å². The Labute approximate surface area is 123 Å². The van der Waals surface area contributed by atoms with E-state index in [1.54, 1.807) is 32.4 Å². The van der Waals surface area contributed by atoms with E-state index in [0.29, 0.717) is 16.3 Å². The van der Waals surface area contributed by atoms with Gasteiger partial charge in [-0.15, -0.1) is 0 Å². The molecule has 0 saturated carbocycles. The summed E-state index contributed by atoms with van der Waals surface area (Å²) in [4.78, 5) is 0. The second kappa shape index (κ2) is 6.75. The van der Waals surface area contributed by atoms with Crippen LogP contribution in [0.5, 0.6) is 5.75 Å². The summed E-state index contributed by atoms with van der Waals surface area (Å²) >= 11 is 6.00. The molecule has 0 aliphatic carbocycles. The maximum Gasteiger partial charge on any atom is 0.124 e. The Balaban J connectivity index is 2.38. The quantitative estimate of drug-likeness (QED) is 0.912. The van der Waals surface area contributed by atoms with Crippen LogP contribution in [0, 0.1) is 0 Å². The molecule has 0 aliphatic heterocycles. The van der Waals surface area contributed by atoms with Crippen LogP contribution in [0.2, 0.25) is 5.02 Å². The number of halogens is 1. The van der Waals surface area contributed by atoms with Crippen molar-refractivity contribution in [3.05, 3.63) is 64.7 Å². The molecule has 2 atom stereocenters. The fourth-order valence-electron chi connectivity index (χ4n) is 2.19. The van der Waals surface area contributed by atoms with E-state index in [9.17, 15) is 5.11 Å². The molecule has 0 aliphatic rings. The summed E-state index contributed by atoms with van der Waals surface area (Å²) in [6, 6.07) is 14.7. The fourth-order valence-corrected chi connectivity index (χ4v) is 2.37. The molecule has 106 valence electrons. The van der Waals surface area contributed by atoms with E-state index in [1.165, 1.54) is 0 Å². The van der Waals surface area contributed by atoms with Crippen LogP contribution < -0.4 is 4.74 Å². The van der Waals surface area contributed by atoms with Crippen molar-refractivity contribution in [1.29, 1.82) is 0 Å². The normalized spacial score (nSPS) is 13.8. The topological polar surface area (TPSA) is 38.7 Å². The Morgan fingerprint density at radius 2 is 1.75 bits per heavy atom. The zero-order valence-electron chi connectivity index (χ0n) is 11.4. The van der Waals surface area contributed by atoms with Gasteiger partial charge >= 0.3 is 0 Å². The molecule has 0 heterocycles. The third-order valence-corrected chi connectivity index (χ3v) is 3.41. The Morgan fingerprint density at radius 1 is 1.05 bits per heavy atom. The Morgan fingerprint density at radius 3 is 2.35 bits per heavy atom. The van der Waals surface area contributed by atoms with Crippen molar-refractivity contribution in [3.8, 4) is 5.75 Å². The van der Waals surface area contributed by atoms with Crippen molar-refractivity contribution in [2.45, 2.75) is 12.2 Å². The molecule has 0 spiro atoms. The van der Waals surface area contributed by atoms with Gasteiger partial charge in [-0.25, -0.2) is 0 Å². The number of methoxy groups -OCH3 is 2. The van der Waals surface area contributed by atoms with E-state index in [1.807, 2.05) is 30.3 Å². The van der Waals surface area contributed by atoms with Gasteiger partial charge in [-0.05, 0) is 23.8 Å². The zero-order chi connectivity index (χ0) is 14.5. The molecular formula is C16H17ClO3. The number of hydrogen-bond donors (Lipinski definition) is 1. The van der Waals surface area contributed by atoms with Gasteiger partial charge in [0.05, 0.1) is 7.11 Å². The number of aliphatic hydroxyl groups excluding tert-OH is 1. The second-order valence-electron chi connectivity index (χ2n) is 4.40. The molecule has 2 aromatic rings. The van der Waals surface area contributed by atoms with Crippen LogP contribution in [-0.4, -0.2) is 19.3 Å². The molecule has 4 heteroatoms. The molecule has 3 nitrogen and oxygen atoms in total. The van der Waals surface area contributed by atoms with Crippen LogP contribution in [0.1, 0.15) is 23.3 Å². The SMILES string of the molecule is COc1ccc(Cl)cc1C(O)C(OC)c1ccccc1. The molecule has 2 aromatic carbocycles. The minimum absolute atomic E-state index is 0.483. The van der Waals surface area contributed by atoms with Gasteiger partial charge in [-0.1, -0.05) is 41.9 Å². The predicted octanol–water partition coefficient (Wildman–Crippen LogP) is 3.77. The summed E-state index contributed by atoms with van der Waals surface area (Å²) < 4.78 is 10.7. The predicted molar refractivity (Wildman–Crippen MR) is 79.2 cm³/mol. The van der Waals surface area contributed by atoms with Gasteiger partial charge in [0.1, 0.15) is 18.0 Å². The van der Waals surface area contributed by atoms with E-state index >= 15 is 0 Å². The van der Waals surface area contributed by atoms with Crippen molar-refractivity contribution in [1.82, 2.24) is 0 Å². The molecule has 2 rings (SSSR count). The molecule has 0 saturated heterocycles. The monoisotopic (exact) mass is 292 g/mol. The number of aliphatic hydroxyl groups is 1. The molecule has 0 radical (unpaired) electrons. The van der Waals surface area contributed by atoms with Crippen molar-refractivity contribution in [3.63, 3.8) is 0 Å². The third-order valence-electron chi connectivity index (χ3n) is 3.18. The molecule has 0 amide bonds. The first-order chi connectivity index (χ1) is 9.67. The summed E-state index contributed by atoms with van der Waals surface area (Å²) in [5.41, 5.74) is 1.50. The van der Waals surface area contributed by atoms with E-state index in [-0.39, 0.29) is 0 Å². The Bertz CT molecular complexity index is 557. The van der Waals surface area contributed by atoms with E-state index in [0.717, 1.165) is 5.56 Å². The highest BCUT2D eigenvalue weighted by Crippen LogP contribution is 2.37. The summed E-state index contributed by atoms with van der Waals surface area (Å²) in [5, 5.41) is 11.2. The van der Waals surface area contributed by atoms with Gasteiger partial charge in [-0.3, -0.25) is 0 Å². The molecule has 1 N–H and O–H groups in total. The van der Waals surface area contributed by atoms with Gasteiger partial charge < -0.3 is 14.6 Å². The molecule has 0 bridgehead atoms. The van der Waals surface area contributed by atoms with Crippen LogP contribution in [0.3, 0.4) is 0 Å². The van der Waals surface area contributed by atoms with Crippen molar-refractivity contribution in [2.24, 2.45) is 0 Å². The van der Waals surface area contributed by atoms with Crippen LogP contribution in [0.15, 0.2) is 48.5 Å². The van der Waals surface area contributed by atoms with Crippen molar-refractivity contribution in [2.75, 3.05) is 14.2 Å². The van der Waals surface area contributed by atoms with E-state index in [2.05, 4.69) is 0 Å². The average Bonchev–Trinajstić information content (AvgIpc) is 2.49. The van der Waals surface area contributed by atoms with Gasteiger partial charge in [0.2, 0.25) is 0 Å². The van der Waals surface area contributed by atoms with Crippen LogP contribution in [0.25, 0.3) is 0 Å². The maximum absolute atomic E-state index is 10.6. The Hall–Kier alpha value is -1.55. The highest BCUT2D eigenvalue weighted by Gasteiger charge is 2.25. The van der Waals surface area contributed by atoms with Gasteiger partial charge in [0.25, 0.3) is 0 Å². The lowest BCUT2D eigenvalue weighted by Crippen LogP contribution is -2.14. The molecule has 0 aromatic heterocycles. The van der Waals surface area contributed by atoms with E-state index in [4.69, 9.17) is 21.1 Å². The highest BCUT2D eigenvalue weighted by molar-refractivity contribution is 6.30. The first kappa shape index (κ1) is 14.9. The van der Waals surface area contributed by atoms with Gasteiger partial charge in [-0.2, -0.15) is 0 Å². The van der Waals surface area contributed by atoms with Crippen LogP contribution >= 0.6 is 11.6 Å². The molecule has 0 fully saturated rings. The van der Waals surface area contributed by atoms with Gasteiger partial charge in [0.15, 0.2) is 0 Å². The van der Waals surface area contributed by atoms with E-state index < -0.39 is 12.2 Å². The molecular weight excluding hydrogens is 276 g/mol. The summed E-state index contributed by atoms with van der Waals surface area (Å²) in [5.74, 6) is 0.583. The lowest BCUT2D eigenvalue weighted by Gasteiger charge is -2.24. The van der Waals surface area contributed by atoms with Gasteiger partial charge in [0, 0.05) is 17.7 Å². The first-order valence-corrected chi connectivity index (χ1v) is 6.64. The fraction of sp³-hybridized carbons (Fsp3) is 0.250. The van der Waals surface area contributed by atoms with Crippen LogP contribution in [-0.2, 0) is 4.74 Å². The standard InChI is InChI=1S/C16H17ClO3/c1-19-14-9-8-12(17)10-13(14)15(18)16(20-2)11-6-4-3-5-7-11/h3-10,15-16,18H,1-2H3. The first-order valence-electron chi connectivity index (χ1n) is 6.26. The Kier molecular flexibility index (Phi) is 5.01. The molecule has 2 unspecified atom stereocenters. The minimum atomic E-state index is -0.865. The lowest BCUT2D eigenvalue weighted by molar-refractivity contribution is -0.0159. The number of ether oxygens (including phenoxy) is 2. The zero-order valence-corrected chi connectivity index (χ0v) is 12.2. The smallest absolute Gasteiger partial charge is 0.124 e. The summed E-state index contributed by atoms with van der Waals surface area (Å²) in [6.07, 6.45) is -1.35. The van der Waals surface area contributed by atoms with Crippen molar-refractivity contribution >= 4 is 11.6 Å². The molecule has 20 heavy (non-hydrogen) atoms. The summed E-state index contributed by atoms with van der Waals surface area (Å²) in [6.45, 7) is 0. The second-order valence-corrected chi connectivity index (χ2v) is 4.83. The average molecular weight is 293 g/mol. The highest BCUT2D eigenvalue weighted by atomic mass is 35.5.